The molecule has 0 amide bonds. The van der Waals surface area contributed by atoms with Crippen LogP contribution in [0.1, 0.15) is 16.1 Å². The van der Waals surface area contributed by atoms with Crippen LogP contribution in [-0.4, -0.2) is 13.1 Å². The lowest BCUT2D eigenvalue weighted by Crippen LogP contribution is -2.00. The van der Waals surface area contributed by atoms with Crippen molar-refractivity contribution >= 4 is 29.6 Å². The summed E-state index contributed by atoms with van der Waals surface area (Å²) in [4.78, 5) is 12.2. The quantitative estimate of drug-likeness (QED) is 0.595. The highest BCUT2D eigenvalue weighted by molar-refractivity contribution is 7.80. The van der Waals surface area contributed by atoms with Crippen LogP contribution in [0.2, 0.25) is 0 Å². The second-order valence-electron chi connectivity index (χ2n) is 3.23. The van der Waals surface area contributed by atoms with E-state index >= 15 is 0 Å². The number of esters is 1. The highest BCUT2D eigenvalue weighted by Crippen LogP contribution is 2.27. The fourth-order valence-corrected chi connectivity index (χ4v) is 1.69. The van der Waals surface area contributed by atoms with Gasteiger partial charge in [0, 0.05) is 15.8 Å². The van der Waals surface area contributed by atoms with E-state index in [9.17, 15) is 4.79 Å². The zero-order valence-corrected chi connectivity index (χ0v) is 9.30. The van der Waals surface area contributed by atoms with Gasteiger partial charge in [-0.3, -0.25) is 0 Å². The first kappa shape index (κ1) is 10.1. The molecule has 0 fully saturated rings. The van der Waals surface area contributed by atoms with Gasteiger partial charge in [0.05, 0.1) is 7.11 Å². The van der Waals surface area contributed by atoms with Crippen molar-refractivity contribution in [2.45, 2.75) is 11.8 Å². The third-order valence-corrected chi connectivity index (χ3v) is 2.57. The Morgan fingerprint density at radius 1 is 1.47 bits per heavy atom. The predicted molar refractivity (Wildman–Crippen MR) is 59.5 cm³/mol. The minimum absolute atomic E-state index is 0.256. The monoisotopic (exact) mass is 222 g/mol. The van der Waals surface area contributed by atoms with Crippen LogP contribution in [0.5, 0.6) is 0 Å². The average Bonchev–Trinajstić information content (AvgIpc) is 2.54. The van der Waals surface area contributed by atoms with Crippen LogP contribution in [0.4, 0.5) is 0 Å². The molecule has 1 aromatic heterocycles. The number of carbonyl (C=O) groups is 1. The molecule has 0 atom stereocenters. The van der Waals surface area contributed by atoms with Crippen molar-refractivity contribution < 1.29 is 13.9 Å². The Morgan fingerprint density at radius 3 is 2.87 bits per heavy atom. The van der Waals surface area contributed by atoms with E-state index in [1.807, 2.05) is 19.1 Å². The van der Waals surface area contributed by atoms with Crippen molar-refractivity contribution in [3.05, 3.63) is 29.5 Å². The van der Waals surface area contributed by atoms with Gasteiger partial charge in [-0.05, 0) is 25.1 Å². The van der Waals surface area contributed by atoms with E-state index in [-0.39, 0.29) is 5.76 Å². The fourth-order valence-electron chi connectivity index (χ4n) is 1.50. The number of methoxy groups -OCH3 is 1. The van der Waals surface area contributed by atoms with E-state index in [1.165, 1.54) is 7.11 Å². The Bertz CT molecular complexity index is 528. The zero-order valence-electron chi connectivity index (χ0n) is 8.40. The number of ether oxygens (including phenoxy) is 1. The second-order valence-corrected chi connectivity index (χ2v) is 3.74. The van der Waals surface area contributed by atoms with Gasteiger partial charge >= 0.3 is 5.97 Å². The lowest BCUT2D eigenvalue weighted by atomic mass is 10.1. The number of hydrogen-bond donors (Lipinski definition) is 1. The third kappa shape index (κ3) is 1.61. The summed E-state index contributed by atoms with van der Waals surface area (Å²) in [7, 11) is 1.33. The molecule has 0 aliphatic heterocycles. The molecule has 3 nitrogen and oxygen atoms in total. The first-order valence-corrected chi connectivity index (χ1v) is 4.88. The lowest BCUT2D eigenvalue weighted by molar-refractivity contribution is 0.0566. The number of furan rings is 1. The van der Waals surface area contributed by atoms with Gasteiger partial charge in [-0.15, -0.1) is 12.6 Å². The normalized spacial score (nSPS) is 10.6. The smallest absolute Gasteiger partial charge is 0.374 e. The molecule has 0 spiro atoms. The minimum Gasteiger partial charge on any atom is -0.463 e. The fraction of sp³-hybridized carbons (Fsp3) is 0.182. The van der Waals surface area contributed by atoms with Crippen molar-refractivity contribution in [2.24, 2.45) is 0 Å². The highest BCUT2D eigenvalue weighted by Gasteiger charge is 2.17. The number of thiol groups is 1. The summed E-state index contributed by atoms with van der Waals surface area (Å²) in [5.74, 6) is -0.198. The molecule has 0 N–H and O–H groups in total. The topological polar surface area (TPSA) is 39.4 Å². The number of aryl methyl sites for hydroxylation is 1. The molecular formula is C11H10O3S. The van der Waals surface area contributed by atoms with E-state index in [4.69, 9.17) is 4.42 Å². The van der Waals surface area contributed by atoms with Crippen molar-refractivity contribution in [1.29, 1.82) is 0 Å². The average molecular weight is 222 g/mol. The molecule has 0 radical (unpaired) electrons. The summed E-state index contributed by atoms with van der Waals surface area (Å²) in [6, 6.07) is 5.51. The van der Waals surface area contributed by atoms with Gasteiger partial charge in [0.1, 0.15) is 5.58 Å². The molecule has 1 heterocycles. The molecule has 15 heavy (non-hydrogen) atoms. The van der Waals surface area contributed by atoms with E-state index in [0.29, 0.717) is 5.58 Å². The molecule has 1 aromatic carbocycles. The SMILES string of the molecule is COC(=O)c1oc2cc(S)ccc2c1C. The molecule has 2 rings (SSSR count). The number of fused-ring (bicyclic) bond motifs is 1. The molecule has 2 aromatic rings. The number of carbonyl (C=O) groups excluding carboxylic acids is 1. The molecule has 0 bridgehead atoms. The maximum Gasteiger partial charge on any atom is 0.374 e. The van der Waals surface area contributed by atoms with Crippen LogP contribution >= 0.6 is 12.6 Å². The molecular weight excluding hydrogens is 212 g/mol. The lowest BCUT2D eigenvalue weighted by Gasteiger charge is -1.93. The van der Waals surface area contributed by atoms with E-state index in [1.54, 1.807) is 6.07 Å². The van der Waals surface area contributed by atoms with Crippen molar-refractivity contribution in [2.75, 3.05) is 7.11 Å². The number of benzene rings is 1. The highest BCUT2D eigenvalue weighted by atomic mass is 32.1. The summed E-state index contributed by atoms with van der Waals surface area (Å²) in [6.07, 6.45) is 0. The largest absolute Gasteiger partial charge is 0.463 e. The van der Waals surface area contributed by atoms with Gasteiger partial charge < -0.3 is 9.15 Å². The number of hydrogen-bond acceptors (Lipinski definition) is 4. The number of rotatable bonds is 1. The summed E-state index contributed by atoms with van der Waals surface area (Å²) >= 11 is 4.20. The molecule has 0 aliphatic carbocycles. The Morgan fingerprint density at radius 2 is 2.20 bits per heavy atom. The first-order chi connectivity index (χ1) is 7.13. The molecule has 0 saturated heterocycles. The predicted octanol–water partition coefficient (Wildman–Crippen LogP) is 2.82. The van der Waals surface area contributed by atoms with E-state index in [0.717, 1.165) is 15.8 Å². The van der Waals surface area contributed by atoms with Gasteiger partial charge in [0.2, 0.25) is 5.76 Å². The molecule has 0 aliphatic rings. The Labute approximate surface area is 92.4 Å². The zero-order chi connectivity index (χ0) is 11.0. The minimum atomic E-state index is -0.454. The molecule has 4 heteroatoms. The molecule has 0 unspecified atom stereocenters. The Balaban J connectivity index is 2.69. The molecule has 0 saturated carbocycles. The molecule has 78 valence electrons. The first-order valence-electron chi connectivity index (χ1n) is 4.44. The summed E-state index contributed by atoms with van der Waals surface area (Å²) in [5, 5.41) is 0.910. The van der Waals surface area contributed by atoms with Crippen LogP contribution in [0.15, 0.2) is 27.5 Å². The van der Waals surface area contributed by atoms with Crippen LogP contribution in [0, 0.1) is 6.92 Å². The van der Waals surface area contributed by atoms with Gasteiger partial charge in [0.15, 0.2) is 0 Å². The van der Waals surface area contributed by atoms with Crippen molar-refractivity contribution in [1.82, 2.24) is 0 Å². The summed E-state index contributed by atoms with van der Waals surface area (Å²) < 4.78 is 10.0. The van der Waals surface area contributed by atoms with Crippen molar-refractivity contribution in [3.8, 4) is 0 Å². The van der Waals surface area contributed by atoms with Crippen molar-refractivity contribution in [3.63, 3.8) is 0 Å². The standard InChI is InChI=1S/C11H10O3S/c1-6-8-4-3-7(15)5-9(8)14-10(6)11(12)13-2/h3-5,15H,1-2H3. The Kier molecular flexibility index (Phi) is 2.44. The Hall–Kier alpha value is -1.42. The van der Waals surface area contributed by atoms with Crippen LogP contribution in [0.3, 0.4) is 0 Å². The van der Waals surface area contributed by atoms with Crippen LogP contribution < -0.4 is 0 Å². The van der Waals surface area contributed by atoms with Crippen LogP contribution in [-0.2, 0) is 4.74 Å². The van der Waals surface area contributed by atoms with Crippen LogP contribution in [0.25, 0.3) is 11.0 Å². The van der Waals surface area contributed by atoms with Gasteiger partial charge in [-0.25, -0.2) is 4.79 Å². The van der Waals surface area contributed by atoms with Gasteiger partial charge in [-0.2, -0.15) is 0 Å². The van der Waals surface area contributed by atoms with E-state index < -0.39 is 5.97 Å². The van der Waals surface area contributed by atoms with Gasteiger partial charge in [-0.1, -0.05) is 0 Å². The maximum absolute atomic E-state index is 11.4. The van der Waals surface area contributed by atoms with Gasteiger partial charge in [0.25, 0.3) is 0 Å². The third-order valence-electron chi connectivity index (χ3n) is 2.29. The second kappa shape index (κ2) is 3.62. The van der Waals surface area contributed by atoms with E-state index in [2.05, 4.69) is 17.4 Å². The summed E-state index contributed by atoms with van der Waals surface area (Å²) in [6.45, 7) is 1.83. The summed E-state index contributed by atoms with van der Waals surface area (Å²) in [5.41, 5.74) is 1.45. The maximum atomic E-state index is 11.4.